The van der Waals surface area contributed by atoms with Crippen LogP contribution in [0.4, 0.5) is 0 Å². The molecule has 0 aromatic carbocycles. The molecule has 0 aromatic rings. The first-order valence-electron chi connectivity index (χ1n) is 11.5. The number of unbranched alkanes of at least 4 members (excludes halogenated alkanes) is 4. The van der Waals surface area contributed by atoms with Crippen LogP contribution in [0.1, 0.15) is 65.2 Å². The van der Waals surface area contributed by atoms with Gasteiger partial charge in [0, 0.05) is 19.7 Å². The molecule has 3 fully saturated rings. The van der Waals surface area contributed by atoms with Gasteiger partial charge >= 0.3 is 5.97 Å². The topological polar surface area (TPSA) is 105 Å². The maximum Gasteiger partial charge on any atom is 0.312 e. The number of carbonyl (C=O) groups is 3. The number of rotatable bonds is 12. The van der Waals surface area contributed by atoms with Crippen molar-refractivity contribution < 1.29 is 29.0 Å². The Hall–Kier alpha value is -1.67. The third-order valence-electron chi connectivity index (χ3n) is 6.74. The molecule has 30 heavy (non-hydrogen) atoms. The average molecular weight is 425 g/mol. The summed E-state index contributed by atoms with van der Waals surface area (Å²) in [5, 5.41) is 12.0. The number of ether oxygens (including phenoxy) is 2. The first-order valence-corrected chi connectivity index (χ1v) is 11.5. The molecule has 0 saturated carbocycles. The van der Waals surface area contributed by atoms with Crippen molar-refractivity contribution >= 4 is 17.8 Å². The number of aliphatic hydroxyl groups excluding tert-OH is 1. The van der Waals surface area contributed by atoms with E-state index in [1.54, 1.807) is 11.8 Å². The molecule has 3 saturated heterocycles. The second kappa shape index (κ2) is 10.1. The van der Waals surface area contributed by atoms with Gasteiger partial charge in [-0.25, -0.2) is 0 Å². The highest BCUT2D eigenvalue weighted by atomic mass is 16.6. The summed E-state index contributed by atoms with van der Waals surface area (Å²) < 4.78 is 11.5. The van der Waals surface area contributed by atoms with Crippen molar-refractivity contribution in [1.29, 1.82) is 0 Å². The van der Waals surface area contributed by atoms with E-state index in [0.29, 0.717) is 38.8 Å². The van der Waals surface area contributed by atoms with E-state index >= 15 is 0 Å². The Bertz CT molecular complexity index is 641. The fourth-order valence-corrected chi connectivity index (χ4v) is 5.45. The first kappa shape index (κ1) is 23.0. The number of aliphatic hydroxyl groups is 1. The highest BCUT2D eigenvalue weighted by Crippen LogP contribution is 2.58. The molecule has 1 spiro atoms. The number of hydrogen-bond acceptors (Lipinski definition) is 6. The van der Waals surface area contributed by atoms with Gasteiger partial charge in [0.15, 0.2) is 0 Å². The van der Waals surface area contributed by atoms with Crippen molar-refractivity contribution in [2.75, 3.05) is 26.3 Å². The Morgan fingerprint density at radius 3 is 2.73 bits per heavy atom. The zero-order valence-electron chi connectivity index (χ0n) is 18.2. The number of fused-ring (bicyclic) bond motifs is 1. The summed E-state index contributed by atoms with van der Waals surface area (Å²) in [4.78, 5) is 41.0. The van der Waals surface area contributed by atoms with Gasteiger partial charge in [-0.3, -0.25) is 14.4 Å². The van der Waals surface area contributed by atoms with Crippen LogP contribution >= 0.6 is 0 Å². The molecule has 170 valence electrons. The van der Waals surface area contributed by atoms with E-state index in [0.717, 1.165) is 25.7 Å². The van der Waals surface area contributed by atoms with Crippen molar-refractivity contribution in [3.63, 3.8) is 0 Å². The monoisotopic (exact) mass is 424 g/mol. The van der Waals surface area contributed by atoms with Crippen LogP contribution in [0, 0.1) is 11.8 Å². The molecule has 3 aliphatic heterocycles. The molecular formula is C22H36N2O6. The first-order chi connectivity index (χ1) is 14.5. The van der Waals surface area contributed by atoms with Crippen LogP contribution in [0.2, 0.25) is 0 Å². The Labute approximate surface area is 178 Å². The number of carbonyl (C=O) groups excluding carboxylic acids is 3. The van der Waals surface area contributed by atoms with Crippen LogP contribution in [0.5, 0.6) is 0 Å². The Balaban J connectivity index is 1.82. The minimum Gasteiger partial charge on any atom is -0.466 e. The largest absolute Gasteiger partial charge is 0.466 e. The van der Waals surface area contributed by atoms with Gasteiger partial charge in [-0.15, -0.1) is 0 Å². The van der Waals surface area contributed by atoms with Crippen molar-refractivity contribution in [3.8, 4) is 0 Å². The number of likely N-dealkylation sites (tertiary alicyclic amines) is 1. The lowest BCUT2D eigenvalue weighted by molar-refractivity contribution is -0.154. The summed E-state index contributed by atoms with van der Waals surface area (Å²) in [6.45, 7) is 5.21. The molecule has 0 aromatic heterocycles. The molecular weight excluding hydrogens is 388 g/mol. The normalized spacial score (nSPS) is 31.8. The van der Waals surface area contributed by atoms with E-state index < -0.39 is 29.4 Å². The predicted octanol–water partition coefficient (Wildman–Crippen LogP) is 1.39. The molecule has 3 aliphatic rings. The van der Waals surface area contributed by atoms with E-state index in [2.05, 4.69) is 12.2 Å². The van der Waals surface area contributed by atoms with Gasteiger partial charge in [0.2, 0.25) is 11.8 Å². The van der Waals surface area contributed by atoms with Gasteiger partial charge in [0.25, 0.3) is 0 Å². The van der Waals surface area contributed by atoms with Gasteiger partial charge in [-0.2, -0.15) is 0 Å². The quantitative estimate of drug-likeness (QED) is 0.362. The van der Waals surface area contributed by atoms with E-state index in [1.165, 1.54) is 0 Å². The smallest absolute Gasteiger partial charge is 0.312 e. The molecule has 0 radical (unpaired) electrons. The molecule has 2 amide bonds. The maximum atomic E-state index is 13.5. The fourth-order valence-electron chi connectivity index (χ4n) is 5.45. The molecule has 8 heteroatoms. The van der Waals surface area contributed by atoms with Gasteiger partial charge in [0.05, 0.1) is 24.5 Å². The number of nitrogens with one attached hydrogen (secondary N) is 1. The summed E-state index contributed by atoms with van der Waals surface area (Å²) in [6.07, 6.45) is 6.02. The highest BCUT2D eigenvalue weighted by Gasteiger charge is 2.74. The lowest BCUT2D eigenvalue weighted by Crippen LogP contribution is -2.55. The Kier molecular flexibility index (Phi) is 7.74. The third kappa shape index (κ3) is 4.08. The fraction of sp³-hybridized carbons (Fsp3) is 0.864. The van der Waals surface area contributed by atoms with Gasteiger partial charge < -0.3 is 24.8 Å². The average Bonchev–Trinajstić information content (AvgIpc) is 3.36. The van der Waals surface area contributed by atoms with Crippen molar-refractivity contribution in [2.24, 2.45) is 11.8 Å². The number of amides is 2. The van der Waals surface area contributed by atoms with Crippen LogP contribution in [0.3, 0.4) is 0 Å². The Morgan fingerprint density at radius 2 is 2.03 bits per heavy atom. The van der Waals surface area contributed by atoms with E-state index in [9.17, 15) is 14.4 Å². The van der Waals surface area contributed by atoms with Crippen molar-refractivity contribution in [3.05, 3.63) is 0 Å². The number of hydrogen-bond donors (Lipinski definition) is 2. The van der Waals surface area contributed by atoms with Crippen LogP contribution in [-0.4, -0.2) is 71.8 Å². The molecule has 2 unspecified atom stereocenters. The Morgan fingerprint density at radius 1 is 1.23 bits per heavy atom. The summed E-state index contributed by atoms with van der Waals surface area (Å²) in [5.74, 6) is -2.04. The molecule has 2 N–H and O–H groups in total. The summed E-state index contributed by atoms with van der Waals surface area (Å²) in [6, 6.07) is -0.713. The molecule has 5 atom stereocenters. The summed E-state index contributed by atoms with van der Waals surface area (Å²) in [5.41, 5.74) is -0.939. The highest BCUT2D eigenvalue weighted by molar-refractivity contribution is 5.98. The molecule has 3 rings (SSSR count). The van der Waals surface area contributed by atoms with E-state index in [-0.39, 0.29) is 31.1 Å². The van der Waals surface area contributed by atoms with Crippen molar-refractivity contribution in [1.82, 2.24) is 10.2 Å². The molecule has 3 heterocycles. The standard InChI is InChI=1S/C22H36N2O6/c1-3-5-7-12-23-19(26)18-22-11-10-15(30-22)16(21(28)29-4-2)17(22)20(27)24(18)13-8-6-9-14-25/h15-18,25H,3-14H2,1-2H3,(H,23,26)/t15-,16+,17-,18?,22?/m0/s1. The lowest BCUT2D eigenvalue weighted by Gasteiger charge is -2.33. The zero-order chi connectivity index (χ0) is 21.7. The summed E-state index contributed by atoms with van der Waals surface area (Å²) >= 11 is 0. The minimum atomic E-state index is -0.939. The van der Waals surface area contributed by atoms with E-state index in [4.69, 9.17) is 14.6 Å². The molecule has 0 aliphatic carbocycles. The van der Waals surface area contributed by atoms with Gasteiger partial charge in [-0.05, 0) is 45.4 Å². The van der Waals surface area contributed by atoms with Crippen LogP contribution in [-0.2, 0) is 23.9 Å². The van der Waals surface area contributed by atoms with Gasteiger partial charge in [0.1, 0.15) is 11.6 Å². The van der Waals surface area contributed by atoms with Crippen LogP contribution in [0.15, 0.2) is 0 Å². The van der Waals surface area contributed by atoms with E-state index in [1.807, 2.05) is 0 Å². The maximum absolute atomic E-state index is 13.5. The second-order valence-corrected chi connectivity index (χ2v) is 8.62. The second-order valence-electron chi connectivity index (χ2n) is 8.62. The molecule has 2 bridgehead atoms. The van der Waals surface area contributed by atoms with Gasteiger partial charge in [-0.1, -0.05) is 19.8 Å². The van der Waals surface area contributed by atoms with Crippen LogP contribution < -0.4 is 5.32 Å². The SMILES string of the molecule is CCCCCNC(=O)C1N(CCCCCO)C(=O)[C@@H]2[C@H](C(=O)OCC)[C@@H]3CCC12O3. The van der Waals surface area contributed by atoms with Crippen molar-refractivity contribution in [2.45, 2.75) is 83.0 Å². The number of nitrogens with zero attached hydrogens (tertiary/aromatic N) is 1. The zero-order valence-corrected chi connectivity index (χ0v) is 18.2. The summed E-state index contributed by atoms with van der Waals surface area (Å²) in [7, 11) is 0. The minimum absolute atomic E-state index is 0.109. The molecule has 8 nitrogen and oxygen atoms in total. The third-order valence-corrected chi connectivity index (χ3v) is 6.74. The predicted molar refractivity (Wildman–Crippen MR) is 109 cm³/mol. The lowest BCUT2D eigenvalue weighted by atomic mass is 9.71. The van der Waals surface area contributed by atoms with Crippen LogP contribution in [0.25, 0.3) is 0 Å². The number of esters is 1.